The Labute approximate surface area is 149 Å². The number of carbonyl (C=O) groups is 2. The molecule has 0 aliphatic rings. The number of hydrogen-bond acceptors (Lipinski definition) is 7. The van der Waals surface area contributed by atoms with Crippen molar-refractivity contribution in [2.45, 2.75) is 45.6 Å². The minimum absolute atomic E-state index is 0.0765. The SMILES string of the molecule is CC(C)OCCOCCOCCOCCOC(=O)CCCCC(=O)O. The highest BCUT2D eigenvalue weighted by Gasteiger charge is 2.04. The van der Waals surface area contributed by atoms with Crippen molar-refractivity contribution in [3.63, 3.8) is 0 Å². The summed E-state index contributed by atoms with van der Waals surface area (Å²) < 4.78 is 26.2. The van der Waals surface area contributed by atoms with Crippen molar-refractivity contribution in [3.05, 3.63) is 0 Å². The van der Waals surface area contributed by atoms with Crippen molar-refractivity contribution in [1.82, 2.24) is 0 Å². The van der Waals surface area contributed by atoms with Gasteiger partial charge in [0.2, 0.25) is 0 Å². The van der Waals surface area contributed by atoms with Crippen molar-refractivity contribution in [3.8, 4) is 0 Å². The Kier molecular flexibility index (Phi) is 16.7. The normalized spacial score (nSPS) is 11.0. The summed E-state index contributed by atoms with van der Waals surface area (Å²) >= 11 is 0. The highest BCUT2D eigenvalue weighted by molar-refractivity contribution is 5.69. The zero-order valence-corrected chi connectivity index (χ0v) is 15.4. The summed E-state index contributed by atoms with van der Waals surface area (Å²) in [6.45, 7) is 7.49. The number of ether oxygens (including phenoxy) is 5. The second kappa shape index (κ2) is 17.6. The van der Waals surface area contributed by atoms with Gasteiger partial charge < -0.3 is 28.8 Å². The third-order valence-corrected chi connectivity index (χ3v) is 2.94. The molecule has 1 N–H and O–H groups in total. The van der Waals surface area contributed by atoms with Crippen molar-refractivity contribution in [2.24, 2.45) is 0 Å². The largest absolute Gasteiger partial charge is 0.481 e. The lowest BCUT2D eigenvalue weighted by Crippen LogP contribution is -2.15. The first kappa shape index (κ1) is 23.8. The molecule has 0 aromatic rings. The second-order valence-corrected chi connectivity index (χ2v) is 5.58. The fourth-order valence-corrected chi connectivity index (χ4v) is 1.72. The summed E-state index contributed by atoms with van der Waals surface area (Å²) in [5, 5.41) is 8.47. The lowest BCUT2D eigenvalue weighted by Gasteiger charge is -2.09. The molecule has 0 saturated carbocycles. The third-order valence-electron chi connectivity index (χ3n) is 2.94. The molecular formula is C17H32O8. The van der Waals surface area contributed by atoms with Gasteiger partial charge in [-0.15, -0.1) is 0 Å². The van der Waals surface area contributed by atoms with E-state index in [2.05, 4.69) is 0 Å². The molecule has 0 aliphatic heterocycles. The van der Waals surface area contributed by atoms with E-state index in [9.17, 15) is 9.59 Å². The molecule has 0 spiro atoms. The van der Waals surface area contributed by atoms with Gasteiger partial charge in [-0.05, 0) is 26.7 Å². The molecular weight excluding hydrogens is 332 g/mol. The molecule has 0 saturated heterocycles. The van der Waals surface area contributed by atoms with E-state index in [0.29, 0.717) is 59.1 Å². The van der Waals surface area contributed by atoms with Crippen LogP contribution in [0.4, 0.5) is 0 Å². The summed E-state index contributed by atoms with van der Waals surface area (Å²) in [5.41, 5.74) is 0. The second-order valence-electron chi connectivity index (χ2n) is 5.58. The Morgan fingerprint density at radius 2 is 1.24 bits per heavy atom. The van der Waals surface area contributed by atoms with Crippen molar-refractivity contribution in [2.75, 3.05) is 52.9 Å². The molecule has 0 radical (unpaired) electrons. The number of aliphatic carboxylic acids is 1. The molecule has 8 heteroatoms. The van der Waals surface area contributed by atoms with Crippen LogP contribution < -0.4 is 0 Å². The van der Waals surface area contributed by atoms with Crippen LogP contribution in [-0.2, 0) is 33.3 Å². The van der Waals surface area contributed by atoms with Gasteiger partial charge in [-0.3, -0.25) is 9.59 Å². The number of hydrogen-bond donors (Lipinski definition) is 1. The van der Waals surface area contributed by atoms with Crippen molar-refractivity contribution in [1.29, 1.82) is 0 Å². The smallest absolute Gasteiger partial charge is 0.305 e. The zero-order chi connectivity index (χ0) is 18.8. The molecule has 25 heavy (non-hydrogen) atoms. The van der Waals surface area contributed by atoms with Crippen LogP contribution in [0.3, 0.4) is 0 Å². The Morgan fingerprint density at radius 1 is 0.760 bits per heavy atom. The van der Waals surface area contributed by atoms with Gasteiger partial charge in [-0.25, -0.2) is 0 Å². The van der Waals surface area contributed by atoms with Gasteiger partial charge in [0.1, 0.15) is 6.61 Å². The first-order valence-electron chi connectivity index (χ1n) is 8.74. The van der Waals surface area contributed by atoms with Crippen LogP contribution in [0.2, 0.25) is 0 Å². The minimum Gasteiger partial charge on any atom is -0.481 e. The van der Waals surface area contributed by atoms with Gasteiger partial charge in [-0.2, -0.15) is 0 Å². The van der Waals surface area contributed by atoms with Gasteiger partial charge in [0, 0.05) is 12.8 Å². The number of carboxylic acid groups (broad SMARTS) is 1. The maximum absolute atomic E-state index is 11.3. The Bertz CT molecular complexity index is 333. The molecule has 0 fully saturated rings. The van der Waals surface area contributed by atoms with Crippen LogP contribution in [0.15, 0.2) is 0 Å². The van der Waals surface area contributed by atoms with Crippen molar-refractivity contribution >= 4 is 11.9 Å². The molecule has 8 nitrogen and oxygen atoms in total. The maximum atomic E-state index is 11.3. The number of carbonyl (C=O) groups excluding carboxylic acids is 1. The van der Waals surface area contributed by atoms with Crippen LogP contribution in [0.1, 0.15) is 39.5 Å². The Hall–Kier alpha value is -1.22. The molecule has 0 aromatic carbocycles. The Balaban J connectivity index is 3.15. The number of unbranched alkanes of at least 4 members (excludes halogenated alkanes) is 1. The van der Waals surface area contributed by atoms with Crippen LogP contribution in [0.25, 0.3) is 0 Å². The van der Waals surface area contributed by atoms with E-state index in [-0.39, 0.29) is 31.5 Å². The average Bonchev–Trinajstić information content (AvgIpc) is 2.55. The topological polar surface area (TPSA) is 101 Å². The van der Waals surface area contributed by atoms with E-state index in [4.69, 9.17) is 28.8 Å². The summed E-state index contributed by atoms with van der Waals surface area (Å²) in [5.74, 6) is -1.18. The lowest BCUT2D eigenvalue weighted by atomic mass is 10.2. The molecule has 148 valence electrons. The standard InChI is InChI=1S/C17H32O8/c1-15(2)24-13-11-22-9-7-21-8-10-23-12-14-25-17(20)6-4-3-5-16(18)19/h15H,3-14H2,1-2H3,(H,18,19). The van der Waals surface area contributed by atoms with E-state index in [1.807, 2.05) is 13.8 Å². The molecule has 0 bridgehead atoms. The molecule has 0 aliphatic carbocycles. The monoisotopic (exact) mass is 364 g/mol. The minimum atomic E-state index is -0.851. The molecule has 0 aromatic heterocycles. The van der Waals surface area contributed by atoms with Crippen LogP contribution in [0, 0.1) is 0 Å². The lowest BCUT2D eigenvalue weighted by molar-refractivity contribution is -0.146. The quantitative estimate of drug-likeness (QED) is 0.289. The first-order chi connectivity index (χ1) is 12.0. The summed E-state index contributed by atoms with van der Waals surface area (Å²) in [6, 6.07) is 0. The highest BCUT2D eigenvalue weighted by atomic mass is 16.6. The fraction of sp³-hybridized carbons (Fsp3) is 0.882. The van der Waals surface area contributed by atoms with Gasteiger partial charge in [0.15, 0.2) is 0 Å². The van der Waals surface area contributed by atoms with E-state index >= 15 is 0 Å². The van der Waals surface area contributed by atoms with Gasteiger partial charge >= 0.3 is 11.9 Å². The first-order valence-corrected chi connectivity index (χ1v) is 8.74. The molecule has 0 unspecified atom stereocenters. The van der Waals surface area contributed by atoms with Gasteiger partial charge in [-0.1, -0.05) is 0 Å². The number of rotatable bonds is 18. The molecule has 0 amide bonds. The molecule has 0 atom stereocenters. The number of esters is 1. The van der Waals surface area contributed by atoms with E-state index in [0.717, 1.165) is 0 Å². The van der Waals surface area contributed by atoms with E-state index in [1.165, 1.54) is 0 Å². The van der Waals surface area contributed by atoms with E-state index < -0.39 is 5.97 Å². The fourth-order valence-electron chi connectivity index (χ4n) is 1.72. The number of carboxylic acids is 1. The predicted octanol–water partition coefficient (Wildman–Crippen LogP) is 1.65. The predicted molar refractivity (Wildman–Crippen MR) is 90.6 cm³/mol. The van der Waals surface area contributed by atoms with Gasteiger partial charge in [0.25, 0.3) is 0 Å². The van der Waals surface area contributed by atoms with E-state index in [1.54, 1.807) is 0 Å². The van der Waals surface area contributed by atoms with Gasteiger partial charge in [0.05, 0.1) is 52.4 Å². The zero-order valence-electron chi connectivity index (χ0n) is 15.4. The third kappa shape index (κ3) is 20.7. The Morgan fingerprint density at radius 3 is 1.76 bits per heavy atom. The highest BCUT2D eigenvalue weighted by Crippen LogP contribution is 2.01. The molecule has 0 heterocycles. The average molecular weight is 364 g/mol. The summed E-state index contributed by atoms with van der Waals surface area (Å²) in [4.78, 5) is 21.6. The van der Waals surface area contributed by atoms with Crippen molar-refractivity contribution < 1.29 is 38.4 Å². The van der Waals surface area contributed by atoms with Crippen LogP contribution in [0.5, 0.6) is 0 Å². The summed E-state index contributed by atoms with van der Waals surface area (Å²) in [6.07, 6.45) is 1.53. The van der Waals surface area contributed by atoms with Crippen LogP contribution in [-0.4, -0.2) is 76.0 Å². The maximum Gasteiger partial charge on any atom is 0.305 e. The van der Waals surface area contributed by atoms with Crippen LogP contribution >= 0.6 is 0 Å². The molecule has 0 rings (SSSR count). The summed E-state index contributed by atoms with van der Waals surface area (Å²) in [7, 11) is 0.